The second-order valence-electron chi connectivity index (χ2n) is 11.2. The maximum absolute atomic E-state index is 12.0. The number of benzene rings is 1. The monoisotopic (exact) mass is 666 g/mol. The number of nitrogens with one attached hydrogen (secondary N) is 1. The third kappa shape index (κ3) is 11.3. The number of rotatable bonds is 19. The van der Waals surface area contributed by atoms with Gasteiger partial charge < -0.3 is 49.4 Å². The largest absolute Gasteiger partial charge is 0.491 e. The van der Waals surface area contributed by atoms with Gasteiger partial charge >= 0.3 is 11.9 Å². The Morgan fingerprint density at radius 2 is 1.68 bits per heavy atom. The van der Waals surface area contributed by atoms with Crippen molar-refractivity contribution < 1.29 is 68.1 Å². The first-order chi connectivity index (χ1) is 22.4. The van der Waals surface area contributed by atoms with E-state index in [1.807, 2.05) is 0 Å². The molecule has 0 aliphatic carbocycles. The topological polar surface area (TPSA) is 228 Å². The first-order valence-corrected chi connectivity index (χ1v) is 15.3. The van der Waals surface area contributed by atoms with Crippen LogP contribution in [0.5, 0.6) is 11.5 Å². The van der Waals surface area contributed by atoms with Gasteiger partial charge in [0.1, 0.15) is 43.0 Å². The number of esters is 1. The summed E-state index contributed by atoms with van der Waals surface area (Å²) < 4.78 is 27.4. The summed E-state index contributed by atoms with van der Waals surface area (Å²) in [6.07, 6.45) is -4.42. The van der Waals surface area contributed by atoms with E-state index in [9.17, 15) is 44.4 Å². The molecule has 5 N–H and O–H groups in total. The number of unbranched alkanes of at least 4 members (excludes halogenated alkanes) is 2. The molecule has 47 heavy (non-hydrogen) atoms. The van der Waals surface area contributed by atoms with E-state index in [1.54, 1.807) is 19.9 Å². The van der Waals surface area contributed by atoms with E-state index >= 15 is 0 Å². The van der Waals surface area contributed by atoms with Crippen molar-refractivity contribution in [3.8, 4) is 11.5 Å². The van der Waals surface area contributed by atoms with Crippen LogP contribution in [0.4, 0.5) is 0 Å². The Balaban J connectivity index is 1.42. The maximum Gasteiger partial charge on any atom is 0.335 e. The Morgan fingerprint density at radius 3 is 2.36 bits per heavy atom. The van der Waals surface area contributed by atoms with Crippen LogP contribution in [0.15, 0.2) is 30.4 Å². The fourth-order valence-electron chi connectivity index (χ4n) is 4.50. The van der Waals surface area contributed by atoms with Crippen molar-refractivity contribution >= 4 is 29.7 Å². The van der Waals surface area contributed by atoms with Crippen LogP contribution in [0, 0.1) is 5.92 Å². The van der Waals surface area contributed by atoms with E-state index in [0.717, 1.165) is 0 Å². The number of hydrogen-bond donors (Lipinski definition) is 5. The summed E-state index contributed by atoms with van der Waals surface area (Å²) in [7, 11) is 0. The molecule has 16 nitrogen and oxygen atoms in total. The van der Waals surface area contributed by atoms with Crippen molar-refractivity contribution in [2.75, 3.05) is 32.9 Å². The number of ether oxygens (including phenoxy) is 5. The molecular formula is C31H42N2O14. The Labute approximate surface area is 271 Å². The van der Waals surface area contributed by atoms with Crippen molar-refractivity contribution in [2.45, 2.75) is 76.8 Å². The minimum atomic E-state index is -1.90. The molecule has 3 amide bonds. The number of carbonyl (C=O) groups excluding carboxylic acids is 4. The second-order valence-corrected chi connectivity index (χ2v) is 11.2. The van der Waals surface area contributed by atoms with E-state index in [0.29, 0.717) is 37.8 Å². The molecule has 5 atom stereocenters. The molecule has 1 aromatic rings. The Kier molecular flexibility index (Phi) is 14.6. The van der Waals surface area contributed by atoms with Gasteiger partial charge in [-0.1, -0.05) is 20.3 Å². The van der Waals surface area contributed by atoms with Crippen molar-refractivity contribution in [1.82, 2.24) is 10.2 Å². The molecule has 16 heteroatoms. The van der Waals surface area contributed by atoms with Crippen LogP contribution < -0.4 is 14.8 Å². The summed E-state index contributed by atoms with van der Waals surface area (Å²) in [6.45, 7) is 4.19. The van der Waals surface area contributed by atoms with Crippen LogP contribution in [0.3, 0.4) is 0 Å². The summed E-state index contributed by atoms with van der Waals surface area (Å²) in [4.78, 5) is 59.7. The minimum absolute atomic E-state index is 0.00879. The van der Waals surface area contributed by atoms with Crippen molar-refractivity contribution in [3.63, 3.8) is 0 Å². The van der Waals surface area contributed by atoms with Gasteiger partial charge in [0.25, 0.3) is 11.8 Å². The van der Waals surface area contributed by atoms with Crippen molar-refractivity contribution in [2.24, 2.45) is 5.92 Å². The third-order valence-corrected chi connectivity index (χ3v) is 7.19. The number of carbonyl (C=O) groups is 5. The van der Waals surface area contributed by atoms with Crippen molar-refractivity contribution in [1.29, 1.82) is 0 Å². The van der Waals surface area contributed by atoms with Gasteiger partial charge in [-0.15, -0.1) is 0 Å². The second kappa shape index (κ2) is 18.3. The SMILES string of the molecule is CC(C)C(=O)OCc1ccc(OCCOCCNC(=O)CCCCCN2C(=O)C=CC2=O)cc1O[C@@H]1O[C@H](C(=O)O)[C@@H](O)[C@H](O)[C@H]1O. The van der Waals surface area contributed by atoms with Crippen molar-refractivity contribution in [3.05, 3.63) is 35.9 Å². The zero-order valence-electron chi connectivity index (χ0n) is 26.2. The van der Waals surface area contributed by atoms with Crippen LogP contribution in [-0.4, -0.2) is 119 Å². The molecule has 2 aliphatic rings. The summed E-state index contributed by atoms with van der Waals surface area (Å²) in [6, 6.07) is 4.51. The highest BCUT2D eigenvalue weighted by Gasteiger charge is 2.48. The fourth-order valence-corrected chi connectivity index (χ4v) is 4.50. The van der Waals surface area contributed by atoms with Crippen LogP contribution >= 0.6 is 0 Å². The lowest BCUT2D eigenvalue weighted by Gasteiger charge is -2.38. The number of carboxylic acids is 1. The number of amides is 3. The van der Waals surface area contributed by atoms with E-state index in [1.165, 1.54) is 29.2 Å². The van der Waals surface area contributed by atoms with Crippen LogP contribution in [0.2, 0.25) is 0 Å². The molecule has 0 saturated carbocycles. The molecule has 0 bridgehead atoms. The molecule has 2 heterocycles. The summed E-state index contributed by atoms with van der Waals surface area (Å²) in [5, 5.41) is 42.6. The fraction of sp³-hybridized carbons (Fsp3) is 0.581. The van der Waals surface area contributed by atoms with Gasteiger partial charge in [0.05, 0.1) is 19.1 Å². The smallest absolute Gasteiger partial charge is 0.335 e. The lowest BCUT2D eigenvalue weighted by molar-refractivity contribution is -0.271. The van der Waals surface area contributed by atoms with Gasteiger partial charge in [0, 0.05) is 43.3 Å². The van der Waals surface area contributed by atoms with Gasteiger partial charge in [-0.3, -0.25) is 24.1 Å². The van der Waals surface area contributed by atoms with E-state index in [-0.39, 0.29) is 62.2 Å². The predicted octanol–water partition coefficient (Wildman–Crippen LogP) is -0.346. The van der Waals surface area contributed by atoms with Crippen LogP contribution in [-0.2, 0) is 44.8 Å². The Hall–Kier alpha value is -4.09. The van der Waals surface area contributed by atoms with Gasteiger partial charge in [0.2, 0.25) is 12.2 Å². The molecule has 0 aromatic heterocycles. The Bertz CT molecular complexity index is 1270. The predicted molar refractivity (Wildman–Crippen MR) is 160 cm³/mol. The molecule has 2 aliphatic heterocycles. The maximum atomic E-state index is 12.0. The van der Waals surface area contributed by atoms with E-state index < -0.39 is 48.6 Å². The van der Waals surface area contributed by atoms with Crippen LogP contribution in [0.25, 0.3) is 0 Å². The lowest BCUT2D eigenvalue weighted by Crippen LogP contribution is -2.61. The van der Waals surface area contributed by atoms with E-state index in [2.05, 4.69) is 5.32 Å². The number of aliphatic hydroxyl groups excluding tert-OH is 3. The van der Waals surface area contributed by atoms with Gasteiger partial charge in [-0.05, 0) is 25.0 Å². The average molecular weight is 667 g/mol. The normalized spacial score (nSPS) is 22.4. The molecule has 0 radical (unpaired) electrons. The highest BCUT2D eigenvalue weighted by atomic mass is 16.7. The number of aliphatic carboxylic acids is 1. The highest BCUT2D eigenvalue weighted by Crippen LogP contribution is 2.30. The molecule has 1 saturated heterocycles. The first-order valence-electron chi connectivity index (χ1n) is 15.3. The summed E-state index contributed by atoms with van der Waals surface area (Å²) in [5.41, 5.74) is 0.329. The zero-order valence-corrected chi connectivity index (χ0v) is 26.2. The van der Waals surface area contributed by atoms with E-state index in [4.69, 9.17) is 23.7 Å². The number of imide groups is 1. The summed E-state index contributed by atoms with van der Waals surface area (Å²) >= 11 is 0. The zero-order chi connectivity index (χ0) is 34.5. The number of aliphatic hydroxyl groups is 3. The number of hydrogen-bond acceptors (Lipinski definition) is 13. The summed E-state index contributed by atoms with van der Waals surface area (Å²) in [5.74, 6) is -2.93. The molecule has 260 valence electrons. The molecule has 3 rings (SSSR count). The number of carboxylic acid groups (broad SMARTS) is 1. The van der Waals surface area contributed by atoms with Crippen LogP contribution in [0.1, 0.15) is 45.1 Å². The molecule has 0 spiro atoms. The van der Waals surface area contributed by atoms with Gasteiger partial charge in [-0.25, -0.2) is 4.79 Å². The first kappa shape index (κ1) is 37.4. The van der Waals surface area contributed by atoms with Gasteiger partial charge in [-0.2, -0.15) is 0 Å². The molecular weight excluding hydrogens is 624 g/mol. The minimum Gasteiger partial charge on any atom is -0.491 e. The molecule has 1 fully saturated rings. The quantitative estimate of drug-likeness (QED) is 0.0723. The van der Waals surface area contributed by atoms with Gasteiger partial charge in [0.15, 0.2) is 6.10 Å². The lowest BCUT2D eigenvalue weighted by atomic mass is 9.99. The molecule has 0 unspecified atom stereocenters. The highest BCUT2D eigenvalue weighted by molar-refractivity contribution is 6.12. The third-order valence-electron chi connectivity index (χ3n) is 7.19. The standard InChI is InChI=1S/C31H42N2O14/c1-18(2)30(42)45-17-19-7-8-20(16-21(19)46-31-27(39)25(37)26(38)28(47-31)29(40)41)44-15-14-43-13-11-32-22(34)6-4-3-5-12-33-23(35)9-10-24(33)36/h7-10,16,18,25-28,31,37-39H,3-6,11-15,17H2,1-2H3,(H,32,34)(H,40,41)/t25-,26-,27+,28-,31+/m0/s1. The Morgan fingerprint density at radius 1 is 0.957 bits per heavy atom. The molecule has 1 aromatic carbocycles. The average Bonchev–Trinajstić information content (AvgIpc) is 3.35. The number of nitrogens with zero attached hydrogens (tertiary/aromatic N) is 1.